The molecule has 0 saturated heterocycles. The first-order valence-electron chi connectivity index (χ1n) is 14.7. The lowest BCUT2D eigenvalue weighted by molar-refractivity contribution is -0.114. The van der Waals surface area contributed by atoms with Crippen molar-refractivity contribution in [3.8, 4) is 11.8 Å². The number of fused-ring (bicyclic) bond motifs is 1. The number of allylic oxidation sites excluding steroid dienone is 2. The van der Waals surface area contributed by atoms with E-state index < -0.39 is 11.9 Å². The zero-order valence-electron chi connectivity index (χ0n) is 25.3. The van der Waals surface area contributed by atoms with Crippen molar-refractivity contribution in [1.82, 2.24) is 5.32 Å². The number of thiophene rings is 1. The van der Waals surface area contributed by atoms with Crippen LogP contribution in [0.15, 0.2) is 76.5 Å². The van der Waals surface area contributed by atoms with Crippen LogP contribution in [0.5, 0.6) is 5.75 Å². The van der Waals surface area contributed by atoms with Gasteiger partial charge in [0.2, 0.25) is 5.91 Å². The number of hydrogen-bond donors (Lipinski definition) is 3. The van der Waals surface area contributed by atoms with Gasteiger partial charge in [-0.15, -0.1) is 11.3 Å². The Labute approximate surface area is 270 Å². The topological polar surface area (TPSA) is 130 Å². The number of benzene rings is 2. The number of aryl methyl sites for hydroxylation is 1. The Balaban J connectivity index is 1.40. The van der Waals surface area contributed by atoms with Gasteiger partial charge in [0.05, 0.1) is 53.3 Å². The van der Waals surface area contributed by atoms with Crippen molar-refractivity contribution in [3.05, 3.63) is 98.0 Å². The normalized spacial score (nSPS) is 15.8. The van der Waals surface area contributed by atoms with Gasteiger partial charge in [0.15, 0.2) is 0 Å². The van der Waals surface area contributed by atoms with Gasteiger partial charge in [-0.1, -0.05) is 54.2 Å². The summed E-state index contributed by atoms with van der Waals surface area (Å²) < 4.78 is 10.7. The molecule has 232 valence electrons. The number of para-hydroxylation sites is 2. The summed E-state index contributed by atoms with van der Waals surface area (Å²) in [6.45, 7) is 3.79. The third kappa shape index (κ3) is 6.92. The number of hydrogen-bond acceptors (Lipinski definition) is 9. The van der Waals surface area contributed by atoms with Crippen LogP contribution in [0.25, 0.3) is 0 Å². The molecule has 1 aliphatic heterocycles. The van der Waals surface area contributed by atoms with Crippen molar-refractivity contribution in [3.63, 3.8) is 0 Å². The summed E-state index contributed by atoms with van der Waals surface area (Å²) in [5.74, 6) is -1.28. The highest BCUT2D eigenvalue weighted by molar-refractivity contribution is 8.03. The molecule has 2 amide bonds. The first-order valence-corrected chi connectivity index (χ1v) is 16.5. The lowest BCUT2D eigenvalue weighted by atomic mass is 9.82. The molecule has 0 radical (unpaired) electrons. The summed E-state index contributed by atoms with van der Waals surface area (Å²) in [7, 11) is 1.53. The van der Waals surface area contributed by atoms with Crippen LogP contribution in [-0.4, -0.2) is 37.3 Å². The second-order valence-corrected chi connectivity index (χ2v) is 12.6. The first kappa shape index (κ1) is 31.9. The van der Waals surface area contributed by atoms with Crippen LogP contribution in [0.4, 0.5) is 10.7 Å². The van der Waals surface area contributed by atoms with Crippen LogP contribution in [-0.2, 0) is 27.2 Å². The Morgan fingerprint density at radius 1 is 1.07 bits per heavy atom. The number of dihydropyridines is 1. The van der Waals surface area contributed by atoms with E-state index in [1.807, 2.05) is 36.4 Å². The van der Waals surface area contributed by atoms with Gasteiger partial charge in [-0.05, 0) is 62.8 Å². The Kier molecular flexibility index (Phi) is 10.3. The highest BCUT2D eigenvalue weighted by atomic mass is 32.2. The molecule has 5 rings (SSSR count). The fourth-order valence-electron chi connectivity index (χ4n) is 5.62. The Bertz CT molecular complexity index is 1720. The number of carbonyl (C=O) groups excluding carboxylic acids is 3. The molecule has 9 nitrogen and oxygen atoms in total. The number of amides is 2. The molecule has 3 N–H and O–H groups in total. The van der Waals surface area contributed by atoms with E-state index >= 15 is 0 Å². The lowest BCUT2D eigenvalue weighted by Crippen LogP contribution is -2.31. The fourth-order valence-corrected chi connectivity index (χ4v) is 7.80. The lowest BCUT2D eigenvalue weighted by Gasteiger charge is -2.30. The average Bonchev–Trinajstić information content (AvgIpc) is 3.41. The molecule has 1 aliphatic carbocycles. The second kappa shape index (κ2) is 14.5. The molecule has 11 heteroatoms. The molecular formula is C34H34N4O5S2. The number of methoxy groups -OCH3 is 1. The van der Waals surface area contributed by atoms with E-state index in [4.69, 9.17) is 9.47 Å². The van der Waals surface area contributed by atoms with Gasteiger partial charge in [-0.2, -0.15) is 5.26 Å². The summed E-state index contributed by atoms with van der Waals surface area (Å²) in [5.41, 5.74) is 3.99. The minimum absolute atomic E-state index is 0.0180. The zero-order chi connectivity index (χ0) is 31.9. The molecule has 1 aromatic heterocycles. The number of anilines is 2. The van der Waals surface area contributed by atoms with E-state index in [0.29, 0.717) is 43.9 Å². The van der Waals surface area contributed by atoms with Gasteiger partial charge in [0.25, 0.3) is 5.91 Å². The van der Waals surface area contributed by atoms with Gasteiger partial charge >= 0.3 is 5.97 Å². The van der Waals surface area contributed by atoms with Gasteiger partial charge < -0.3 is 25.4 Å². The highest BCUT2D eigenvalue weighted by Gasteiger charge is 2.35. The maximum absolute atomic E-state index is 13.8. The van der Waals surface area contributed by atoms with Crippen molar-refractivity contribution >= 4 is 51.6 Å². The molecule has 0 bridgehead atoms. The van der Waals surface area contributed by atoms with Crippen LogP contribution in [0, 0.1) is 11.3 Å². The number of carbonyl (C=O) groups is 3. The van der Waals surface area contributed by atoms with Crippen molar-refractivity contribution in [2.24, 2.45) is 0 Å². The number of ether oxygens (including phenoxy) is 2. The minimum Gasteiger partial charge on any atom is -0.495 e. The number of esters is 1. The fraction of sp³-hybridized carbons (Fsp3) is 0.294. The van der Waals surface area contributed by atoms with E-state index in [1.54, 1.807) is 32.0 Å². The average molecular weight is 643 g/mol. The van der Waals surface area contributed by atoms with Crippen LogP contribution in [0.2, 0.25) is 0 Å². The molecule has 45 heavy (non-hydrogen) atoms. The molecule has 0 unspecified atom stereocenters. The second-order valence-electron chi connectivity index (χ2n) is 10.5. The summed E-state index contributed by atoms with van der Waals surface area (Å²) in [5, 5.41) is 20.5. The molecule has 1 atom stereocenters. The number of thioether (sulfide) groups is 1. The molecule has 0 saturated carbocycles. The Morgan fingerprint density at radius 2 is 1.80 bits per heavy atom. The zero-order valence-corrected chi connectivity index (χ0v) is 27.0. The summed E-state index contributed by atoms with van der Waals surface area (Å²) in [4.78, 5) is 41.0. The van der Waals surface area contributed by atoms with Crippen LogP contribution < -0.4 is 20.7 Å². The molecule has 2 aliphatic rings. The van der Waals surface area contributed by atoms with Gasteiger partial charge in [0, 0.05) is 16.1 Å². The van der Waals surface area contributed by atoms with E-state index in [1.165, 1.54) is 30.2 Å². The SMILES string of the molecule is CCOC(=O)c1c(NC(=O)CSC2=C(C#N)[C@@H](c3ccccc3)C(C(=O)Nc3ccccc3OC)=C(C)N2)sc2c1CCCC2. The Hall–Kier alpha value is -4.53. The largest absolute Gasteiger partial charge is 0.495 e. The maximum atomic E-state index is 13.8. The number of nitriles is 1. The van der Waals surface area contributed by atoms with Gasteiger partial charge in [-0.25, -0.2) is 4.79 Å². The smallest absolute Gasteiger partial charge is 0.341 e. The number of rotatable bonds is 10. The predicted molar refractivity (Wildman–Crippen MR) is 177 cm³/mol. The van der Waals surface area contributed by atoms with E-state index in [2.05, 4.69) is 22.0 Å². The third-order valence-corrected chi connectivity index (χ3v) is 9.86. The van der Waals surface area contributed by atoms with Gasteiger partial charge in [0.1, 0.15) is 10.8 Å². The molecule has 0 fully saturated rings. The number of nitrogens with one attached hydrogen (secondary N) is 3. The van der Waals surface area contributed by atoms with Crippen LogP contribution in [0.1, 0.15) is 59.0 Å². The maximum Gasteiger partial charge on any atom is 0.341 e. The first-order chi connectivity index (χ1) is 21.9. The third-order valence-electron chi connectivity index (χ3n) is 7.63. The number of nitrogens with zero attached hydrogens (tertiary/aromatic N) is 1. The molecule has 2 aromatic carbocycles. The van der Waals surface area contributed by atoms with E-state index in [0.717, 1.165) is 41.7 Å². The van der Waals surface area contributed by atoms with Gasteiger partial charge in [-0.3, -0.25) is 9.59 Å². The molecule has 2 heterocycles. The molecular weight excluding hydrogens is 609 g/mol. The minimum atomic E-state index is -0.669. The monoisotopic (exact) mass is 642 g/mol. The quantitative estimate of drug-likeness (QED) is 0.213. The predicted octanol–water partition coefficient (Wildman–Crippen LogP) is 6.52. The molecule has 3 aromatic rings. The highest BCUT2D eigenvalue weighted by Crippen LogP contribution is 2.42. The van der Waals surface area contributed by atoms with Crippen LogP contribution in [0.3, 0.4) is 0 Å². The van der Waals surface area contributed by atoms with Crippen molar-refractivity contribution in [2.75, 3.05) is 30.1 Å². The van der Waals surface area contributed by atoms with E-state index in [-0.39, 0.29) is 24.2 Å². The standard InChI is InChI=1S/C34H34N4O5S2/c1-4-43-34(41)30-22-14-8-11-17-26(22)45-33(30)38-27(39)19-44-32-23(18-35)29(21-12-6-5-7-13-21)28(20(2)36-32)31(40)37-24-15-9-10-16-25(24)42-3/h5-7,9-10,12-13,15-16,29,36H,4,8,11,14,17,19H2,1-3H3,(H,37,40)(H,38,39)/t29-/m1/s1. The van der Waals surface area contributed by atoms with Crippen molar-refractivity contribution in [2.45, 2.75) is 45.4 Å². The summed E-state index contributed by atoms with van der Waals surface area (Å²) in [6.07, 6.45) is 3.69. The van der Waals surface area contributed by atoms with Crippen molar-refractivity contribution in [1.29, 1.82) is 5.26 Å². The Morgan fingerprint density at radius 3 is 2.53 bits per heavy atom. The van der Waals surface area contributed by atoms with Crippen molar-refractivity contribution < 1.29 is 23.9 Å². The summed E-state index contributed by atoms with van der Waals surface area (Å²) in [6, 6.07) is 18.8. The van der Waals surface area contributed by atoms with Crippen LogP contribution >= 0.6 is 23.1 Å². The molecule has 0 spiro atoms. The summed E-state index contributed by atoms with van der Waals surface area (Å²) >= 11 is 2.61. The van der Waals surface area contributed by atoms with E-state index in [9.17, 15) is 19.6 Å².